The van der Waals surface area contributed by atoms with Gasteiger partial charge in [0.05, 0.1) is 25.9 Å². The first-order valence-corrected chi connectivity index (χ1v) is 8.99. The van der Waals surface area contributed by atoms with E-state index in [0.29, 0.717) is 11.5 Å². The van der Waals surface area contributed by atoms with Crippen LogP contribution in [-0.4, -0.2) is 67.3 Å². The normalized spacial score (nSPS) is 14.6. The molecule has 1 aromatic carbocycles. The van der Waals surface area contributed by atoms with Gasteiger partial charge in [-0.1, -0.05) is 0 Å². The Bertz CT molecular complexity index is 760. The largest absolute Gasteiger partial charge is 0.465 e. The number of methoxy groups -OCH3 is 1. The molecule has 3 rings (SSSR count). The smallest absolute Gasteiger partial charge is 0.337 e. The number of aryl methyl sites for hydroxylation is 1. The number of carbonyl (C=O) groups excluding carboxylic acids is 1. The maximum absolute atomic E-state index is 11.5. The lowest BCUT2D eigenvalue weighted by Crippen LogP contribution is -2.39. The predicted octanol–water partition coefficient (Wildman–Crippen LogP) is 2.06. The summed E-state index contributed by atoms with van der Waals surface area (Å²) in [5.74, 6) is 0.930. The van der Waals surface area contributed by atoms with Crippen molar-refractivity contribution < 1.29 is 14.3 Å². The van der Waals surface area contributed by atoms with Gasteiger partial charge in [-0.3, -0.25) is 4.90 Å². The molecule has 0 bridgehead atoms. The molecule has 1 saturated heterocycles. The van der Waals surface area contributed by atoms with Gasteiger partial charge in [0.2, 0.25) is 5.95 Å². The fourth-order valence-corrected chi connectivity index (χ4v) is 2.82. The Hall–Kier alpha value is -2.71. The second-order valence-electron chi connectivity index (χ2n) is 6.29. The van der Waals surface area contributed by atoms with Crippen LogP contribution in [-0.2, 0) is 9.47 Å². The zero-order chi connectivity index (χ0) is 19.1. The van der Waals surface area contributed by atoms with Crippen LogP contribution in [0.2, 0.25) is 0 Å². The molecule has 8 heteroatoms. The molecule has 0 spiro atoms. The SMILES string of the molecule is COC(=O)c1ccc(Nc2nc(C)cc(NCCN3CCOCC3)n2)cc1. The van der Waals surface area contributed by atoms with Crippen LogP contribution < -0.4 is 10.6 Å². The fourth-order valence-electron chi connectivity index (χ4n) is 2.82. The number of carbonyl (C=O) groups is 1. The molecule has 1 aliphatic rings. The molecule has 0 amide bonds. The maximum Gasteiger partial charge on any atom is 0.337 e. The number of anilines is 3. The molecule has 2 aromatic rings. The van der Waals surface area contributed by atoms with E-state index >= 15 is 0 Å². The fraction of sp³-hybridized carbons (Fsp3) is 0.421. The summed E-state index contributed by atoms with van der Waals surface area (Å²) in [6, 6.07) is 8.91. The quantitative estimate of drug-likeness (QED) is 0.715. The van der Waals surface area contributed by atoms with Gasteiger partial charge in [0.25, 0.3) is 0 Å². The monoisotopic (exact) mass is 371 g/mol. The number of rotatable bonds is 7. The average Bonchev–Trinajstić information content (AvgIpc) is 2.68. The topological polar surface area (TPSA) is 88.6 Å². The van der Waals surface area contributed by atoms with Gasteiger partial charge in [-0.15, -0.1) is 0 Å². The molecule has 0 radical (unpaired) electrons. The van der Waals surface area contributed by atoms with Gasteiger partial charge in [-0.25, -0.2) is 9.78 Å². The van der Waals surface area contributed by atoms with E-state index in [9.17, 15) is 4.79 Å². The van der Waals surface area contributed by atoms with Crippen LogP contribution in [0, 0.1) is 6.92 Å². The van der Waals surface area contributed by atoms with Crippen molar-refractivity contribution >= 4 is 23.4 Å². The summed E-state index contributed by atoms with van der Waals surface area (Å²) < 4.78 is 10.1. The molecule has 144 valence electrons. The molecule has 0 unspecified atom stereocenters. The van der Waals surface area contributed by atoms with E-state index in [0.717, 1.165) is 56.6 Å². The van der Waals surface area contributed by atoms with Crippen molar-refractivity contribution in [1.29, 1.82) is 0 Å². The van der Waals surface area contributed by atoms with E-state index in [2.05, 4.69) is 25.5 Å². The summed E-state index contributed by atoms with van der Waals surface area (Å²) in [6.45, 7) is 7.23. The number of esters is 1. The van der Waals surface area contributed by atoms with Crippen LogP contribution in [0.5, 0.6) is 0 Å². The number of nitrogens with zero attached hydrogens (tertiary/aromatic N) is 3. The summed E-state index contributed by atoms with van der Waals surface area (Å²) in [6.07, 6.45) is 0. The third kappa shape index (κ3) is 5.63. The molecule has 1 aliphatic heterocycles. The van der Waals surface area contributed by atoms with Crippen molar-refractivity contribution in [3.8, 4) is 0 Å². The van der Waals surface area contributed by atoms with Gasteiger partial charge in [-0.2, -0.15) is 4.98 Å². The summed E-state index contributed by atoms with van der Waals surface area (Å²) in [5.41, 5.74) is 2.17. The molecule has 0 aliphatic carbocycles. The lowest BCUT2D eigenvalue weighted by atomic mass is 10.2. The van der Waals surface area contributed by atoms with Gasteiger partial charge in [-0.05, 0) is 31.2 Å². The average molecular weight is 371 g/mol. The van der Waals surface area contributed by atoms with E-state index in [1.807, 2.05) is 13.0 Å². The minimum Gasteiger partial charge on any atom is -0.465 e. The lowest BCUT2D eigenvalue weighted by molar-refractivity contribution is 0.0398. The van der Waals surface area contributed by atoms with Crippen LogP contribution in [0.25, 0.3) is 0 Å². The Morgan fingerprint density at radius 2 is 1.96 bits per heavy atom. The summed E-state index contributed by atoms with van der Waals surface area (Å²) in [7, 11) is 1.36. The first kappa shape index (κ1) is 19.1. The highest BCUT2D eigenvalue weighted by molar-refractivity contribution is 5.89. The Kier molecular flexibility index (Phi) is 6.56. The number of ether oxygens (including phenoxy) is 2. The summed E-state index contributed by atoms with van der Waals surface area (Å²) in [4.78, 5) is 22.8. The van der Waals surface area contributed by atoms with Crippen LogP contribution in [0.1, 0.15) is 16.1 Å². The number of benzene rings is 1. The Balaban J connectivity index is 1.58. The van der Waals surface area contributed by atoms with Crippen LogP contribution in [0.15, 0.2) is 30.3 Å². The standard InChI is InChI=1S/C19H25N5O3/c1-14-13-17(20-7-8-24-9-11-27-12-10-24)23-19(21-14)22-16-5-3-15(4-6-16)18(25)26-2/h3-6,13H,7-12H2,1-2H3,(H2,20,21,22,23). The molecule has 0 atom stereocenters. The van der Waals surface area contributed by atoms with E-state index < -0.39 is 0 Å². The van der Waals surface area contributed by atoms with Crippen LogP contribution >= 0.6 is 0 Å². The minimum atomic E-state index is -0.361. The van der Waals surface area contributed by atoms with Crippen molar-refractivity contribution in [3.63, 3.8) is 0 Å². The molecule has 1 aromatic heterocycles. The third-order valence-corrected chi connectivity index (χ3v) is 4.25. The molecule has 1 fully saturated rings. The van der Waals surface area contributed by atoms with Gasteiger partial charge < -0.3 is 20.1 Å². The van der Waals surface area contributed by atoms with Crippen molar-refractivity contribution in [2.24, 2.45) is 0 Å². The minimum absolute atomic E-state index is 0.361. The maximum atomic E-state index is 11.5. The van der Waals surface area contributed by atoms with E-state index in [-0.39, 0.29) is 5.97 Å². The summed E-state index contributed by atoms with van der Waals surface area (Å²) in [5, 5.41) is 6.52. The zero-order valence-electron chi connectivity index (χ0n) is 15.7. The molecule has 2 heterocycles. The Morgan fingerprint density at radius 3 is 2.67 bits per heavy atom. The number of aromatic nitrogens is 2. The molecular weight excluding hydrogens is 346 g/mol. The third-order valence-electron chi connectivity index (χ3n) is 4.25. The van der Waals surface area contributed by atoms with Gasteiger partial charge in [0.1, 0.15) is 5.82 Å². The van der Waals surface area contributed by atoms with Crippen molar-refractivity contribution in [1.82, 2.24) is 14.9 Å². The molecule has 8 nitrogen and oxygen atoms in total. The number of hydrogen-bond acceptors (Lipinski definition) is 8. The van der Waals surface area contributed by atoms with Crippen LogP contribution in [0.4, 0.5) is 17.5 Å². The predicted molar refractivity (Wildman–Crippen MR) is 104 cm³/mol. The zero-order valence-corrected chi connectivity index (χ0v) is 15.7. The molecule has 0 saturated carbocycles. The second kappa shape index (κ2) is 9.29. The second-order valence-corrected chi connectivity index (χ2v) is 6.29. The number of morpholine rings is 1. The Morgan fingerprint density at radius 1 is 1.22 bits per heavy atom. The highest BCUT2D eigenvalue weighted by Crippen LogP contribution is 2.17. The molecule has 2 N–H and O–H groups in total. The first-order valence-electron chi connectivity index (χ1n) is 8.99. The highest BCUT2D eigenvalue weighted by atomic mass is 16.5. The first-order chi connectivity index (χ1) is 13.1. The van der Waals surface area contributed by atoms with Crippen molar-refractivity contribution in [3.05, 3.63) is 41.6 Å². The van der Waals surface area contributed by atoms with Gasteiger partial charge >= 0.3 is 5.97 Å². The highest BCUT2D eigenvalue weighted by Gasteiger charge is 2.10. The van der Waals surface area contributed by atoms with Crippen molar-refractivity contribution in [2.75, 3.05) is 57.1 Å². The lowest BCUT2D eigenvalue weighted by Gasteiger charge is -2.26. The van der Waals surface area contributed by atoms with Crippen LogP contribution in [0.3, 0.4) is 0 Å². The van der Waals surface area contributed by atoms with E-state index in [1.54, 1.807) is 24.3 Å². The molecular formula is C19H25N5O3. The van der Waals surface area contributed by atoms with E-state index in [1.165, 1.54) is 7.11 Å². The number of nitrogens with one attached hydrogen (secondary N) is 2. The summed E-state index contributed by atoms with van der Waals surface area (Å²) >= 11 is 0. The van der Waals surface area contributed by atoms with Gasteiger partial charge in [0, 0.05) is 43.6 Å². The number of hydrogen-bond donors (Lipinski definition) is 2. The van der Waals surface area contributed by atoms with E-state index in [4.69, 9.17) is 9.47 Å². The van der Waals surface area contributed by atoms with Gasteiger partial charge in [0.15, 0.2) is 0 Å². The molecule has 27 heavy (non-hydrogen) atoms. The van der Waals surface area contributed by atoms with Crippen molar-refractivity contribution in [2.45, 2.75) is 6.92 Å². The Labute approximate surface area is 158 Å².